The first-order valence-corrected chi connectivity index (χ1v) is 5.93. The van der Waals surface area contributed by atoms with Gasteiger partial charge in [0.25, 0.3) is 0 Å². The molecule has 0 radical (unpaired) electrons. The summed E-state index contributed by atoms with van der Waals surface area (Å²) < 4.78 is 9.77. The van der Waals surface area contributed by atoms with Gasteiger partial charge in [-0.2, -0.15) is 0 Å². The molecule has 0 aromatic heterocycles. The van der Waals surface area contributed by atoms with Gasteiger partial charge in [-0.15, -0.1) is 24.0 Å². The maximum Gasteiger partial charge on any atom is 0.239 e. The summed E-state index contributed by atoms with van der Waals surface area (Å²) in [4.78, 5) is 15.4. The number of hydrogen-bond acceptors (Lipinski definition) is 4. The number of guanidine groups is 1. The number of ether oxygens (including phenoxy) is 2. The molecule has 0 rings (SSSR count). The number of carbonyl (C=O) groups is 1. The molecule has 0 aromatic rings. The third-order valence-corrected chi connectivity index (χ3v) is 2.09. The molecule has 3 N–H and O–H groups in total. The number of rotatable bonds is 9. The molecule has 0 saturated carbocycles. The van der Waals surface area contributed by atoms with Gasteiger partial charge < -0.3 is 25.4 Å². The number of nitrogens with zero attached hydrogens (tertiary/aromatic N) is 1. The molecule has 0 heterocycles. The smallest absolute Gasteiger partial charge is 0.239 e. The van der Waals surface area contributed by atoms with Gasteiger partial charge in [0.05, 0.1) is 13.2 Å². The van der Waals surface area contributed by atoms with E-state index < -0.39 is 0 Å². The van der Waals surface area contributed by atoms with Gasteiger partial charge in [0, 0.05) is 41.0 Å². The quantitative estimate of drug-likeness (QED) is 0.216. The third-order valence-electron chi connectivity index (χ3n) is 2.09. The van der Waals surface area contributed by atoms with Gasteiger partial charge in [-0.1, -0.05) is 0 Å². The summed E-state index contributed by atoms with van der Waals surface area (Å²) in [5.41, 5.74) is 0. The average Bonchev–Trinajstić information content (AvgIpc) is 2.38. The van der Waals surface area contributed by atoms with Crippen LogP contribution in [0.25, 0.3) is 0 Å². The monoisotopic (exact) mass is 388 g/mol. The number of nitrogens with one attached hydrogen (secondary N) is 3. The highest BCUT2D eigenvalue weighted by Gasteiger charge is 2.02. The van der Waals surface area contributed by atoms with Crippen LogP contribution in [0.5, 0.6) is 0 Å². The first-order chi connectivity index (χ1) is 8.74. The zero-order valence-electron chi connectivity index (χ0n) is 11.8. The normalized spacial score (nSPS) is 10.6. The van der Waals surface area contributed by atoms with E-state index in [9.17, 15) is 4.79 Å². The highest BCUT2D eigenvalue weighted by molar-refractivity contribution is 14.0. The molecule has 0 unspecified atom stereocenters. The number of aliphatic imine (C=N–C) groups is 1. The van der Waals surface area contributed by atoms with E-state index >= 15 is 0 Å². The zero-order valence-corrected chi connectivity index (χ0v) is 14.2. The van der Waals surface area contributed by atoms with Crippen LogP contribution in [0.1, 0.15) is 6.42 Å². The van der Waals surface area contributed by atoms with Crippen LogP contribution in [0.2, 0.25) is 0 Å². The van der Waals surface area contributed by atoms with Crippen LogP contribution in [0.4, 0.5) is 0 Å². The van der Waals surface area contributed by atoms with Gasteiger partial charge in [-0.05, 0) is 6.42 Å². The third kappa shape index (κ3) is 13.6. The van der Waals surface area contributed by atoms with E-state index in [2.05, 4.69) is 20.9 Å². The Morgan fingerprint density at radius 1 is 1.05 bits per heavy atom. The van der Waals surface area contributed by atoms with Crippen LogP contribution in [0.3, 0.4) is 0 Å². The molecule has 0 spiro atoms. The SMILES string of the molecule is CN=C(NCCCOC)NCC(=O)NCCOC.I. The fourth-order valence-electron chi connectivity index (χ4n) is 1.16. The van der Waals surface area contributed by atoms with E-state index in [1.807, 2.05) is 0 Å². The summed E-state index contributed by atoms with van der Waals surface area (Å²) in [6, 6.07) is 0. The predicted octanol–water partition coefficient (Wildman–Crippen LogP) is -0.431. The molecule has 0 fully saturated rings. The minimum Gasteiger partial charge on any atom is -0.385 e. The van der Waals surface area contributed by atoms with Crippen molar-refractivity contribution in [1.82, 2.24) is 16.0 Å². The highest BCUT2D eigenvalue weighted by Crippen LogP contribution is 1.77. The molecular formula is C11H25IN4O3. The first-order valence-electron chi connectivity index (χ1n) is 5.93. The minimum atomic E-state index is -0.0908. The van der Waals surface area contributed by atoms with Crippen LogP contribution in [-0.4, -0.2) is 66.0 Å². The first kappa shape index (κ1) is 20.7. The standard InChI is InChI=1S/C11H24N4O3.HI/c1-12-11(14-5-4-7-17-2)15-9-10(16)13-6-8-18-3;/h4-9H2,1-3H3,(H,13,16)(H2,12,14,15);1H. The van der Waals surface area contributed by atoms with Crippen LogP contribution < -0.4 is 16.0 Å². The fraction of sp³-hybridized carbons (Fsp3) is 0.818. The topological polar surface area (TPSA) is 84.0 Å². The highest BCUT2D eigenvalue weighted by atomic mass is 127. The Labute approximate surface area is 131 Å². The van der Waals surface area contributed by atoms with Crippen LogP contribution in [0, 0.1) is 0 Å². The van der Waals surface area contributed by atoms with Gasteiger partial charge in [0.1, 0.15) is 0 Å². The molecule has 0 atom stereocenters. The lowest BCUT2D eigenvalue weighted by molar-refractivity contribution is -0.120. The Morgan fingerprint density at radius 3 is 2.32 bits per heavy atom. The Hall–Kier alpha value is -0.610. The van der Waals surface area contributed by atoms with Gasteiger partial charge in [-0.3, -0.25) is 9.79 Å². The number of amides is 1. The Balaban J connectivity index is 0. The molecule has 0 aliphatic rings. The molecule has 0 aliphatic heterocycles. The van der Waals surface area contributed by atoms with E-state index in [0.717, 1.165) is 13.0 Å². The summed E-state index contributed by atoms with van der Waals surface area (Å²) in [7, 11) is 4.92. The maximum atomic E-state index is 11.4. The van der Waals surface area contributed by atoms with Crippen LogP contribution in [-0.2, 0) is 14.3 Å². The summed E-state index contributed by atoms with van der Waals surface area (Å²) in [6.07, 6.45) is 0.886. The molecule has 0 aliphatic carbocycles. The Morgan fingerprint density at radius 2 is 1.74 bits per heavy atom. The molecule has 0 aromatic carbocycles. The molecule has 0 bridgehead atoms. The van der Waals surface area contributed by atoms with E-state index in [-0.39, 0.29) is 36.4 Å². The zero-order chi connectivity index (χ0) is 13.6. The van der Waals surface area contributed by atoms with Crippen molar-refractivity contribution >= 4 is 35.8 Å². The van der Waals surface area contributed by atoms with Crippen molar-refractivity contribution in [3.63, 3.8) is 0 Å². The lowest BCUT2D eigenvalue weighted by Gasteiger charge is -2.11. The van der Waals surface area contributed by atoms with Crippen LogP contribution in [0.15, 0.2) is 4.99 Å². The number of halogens is 1. The lowest BCUT2D eigenvalue weighted by atomic mass is 10.4. The summed E-state index contributed by atoms with van der Waals surface area (Å²) in [5.74, 6) is 0.514. The predicted molar refractivity (Wildman–Crippen MR) is 86.2 cm³/mol. The van der Waals surface area contributed by atoms with Crippen molar-refractivity contribution in [3.8, 4) is 0 Å². The molecule has 114 valence electrons. The molecule has 8 heteroatoms. The second-order valence-electron chi connectivity index (χ2n) is 3.54. The molecule has 19 heavy (non-hydrogen) atoms. The molecule has 0 saturated heterocycles. The molecular weight excluding hydrogens is 363 g/mol. The van der Waals surface area contributed by atoms with Gasteiger partial charge in [0.2, 0.25) is 5.91 Å². The summed E-state index contributed by atoms with van der Waals surface area (Å²) in [6.45, 7) is 2.65. The van der Waals surface area contributed by atoms with E-state index in [0.29, 0.717) is 25.7 Å². The van der Waals surface area contributed by atoms with Crippen molar-refractivity contribution in [2.75, 3.05) is 54.1 Å². The Kier molecular flexibility index (Phi) is 16.8. The summed E-state index contributed by atoms with van der Waals surface area (Å²) >= 11 is 0. The second kappa shape index (κ2) is 15.4. The fourth-order valence-corrected chi connectivity index (χ4v) is 1.16. The Bertz CT molecular complexity index is 252. The van der Waals surface area contributed by atoms with Crippen molar-refractivity contribution in [1.29, 1.82) is 0 Å². The van der Waals surface area contributed by atoms with Gasteiger partial charge in [-0.25, -0.2) is 0 Å². The lowest BCUT2D eigenvalue weighted by Crippen LogP contribution is -2.44. The number of hydrogen-bond donors (Lipinski definition) is 3. The minimum absolute atomic E-state index is 0. The number of methoxy groups -OCH3 is 2. The van der Waals surface area contributed by atoms with Crippen molar-refractivity contribution < 1.29 is 14.3 Å². The van der Waals surface area contributed by atoms with E-state index in [4.69, 9.17) is 9.47 Å². The van der Waals surface area contributed by atoms with Crippen molar-refractivity contribution in [2.24, 2.45) is 4.99 Å². The molecule has 7 nitrogen and oxygen atoms in total. The largest absolute Gasteiger partial charge is 0.385 e. The second-order valence-corrected chi connectivity index (χ2v) is 3.54. The number of carbonyl (C=O) groups excluding carboxylic acids is 1. The van der Waals surface area contributed by atoms with E-state index in [1.54, 1.807) is 21.3 Å². The van der Waals surface area contributed by atoms with Crippen LogP contribution >= 0.6 is 24.0 Å². The summed E-state index contributed by atoms with van der Waals surface area (Å²) in [5, 5.41) is 8.71. The van der Waals surface area contributed by atoms with Crippen molar-refractivity contribution in [2.45, 2.75) is 6.42 Å². The average molecular weight is 388 g/mol. The van der Waals surface area contributed by atoms with Gasteiger partial charge >= 0.3 is 0 Å². The maximum absolute atomic E-state index is 11.4. The van der Waals surface area contributed by atoms with Gasteiger partial charge in [0.15, 0.2) is 5.96 Å². The molecule has 1 amide bonds. The van der Waals surface area contributed by atoms with E-state index in [1.165, 1.54) is 0 Å². The van der Waals surface area contributed by atoms with Crippen molar-refractivity contribution in [3.05, 3.63) is 0 Å².